The Kier molecular flexibility index (Phi) is 5.66. The first-order chi connectivity index (χ1) is 9.77. The second-order valence-electron chi connectivity index (χ2n) is 5.16. The second kappa shape index (κ2) is 7.03. The van der Waals surface area contributed by atoms with Crippen molar-refractivity contribution in [1.82, 2.24) is 4.90 Å². The number of nitro benzene ring substituents is 1. The molecule has 0 aliphatic heterocycles. The number of carboxylic acid groups (broad SMARTS) is 1. The molecule has 0 fully saturated rings. The molecule has 116 valence electrons. The van der Waals surface area contributed by atoms with Crippen LogP contribution in [0.15, 0.2) is 18.2 Å². The lowest BCUT2D eigenvalue weighted by molar-refractivity contribution is -0.385. The highest BCUT2D eigenvalue weighted by atomic mass is 16.6. The highest BCUT2D eigenvalue weighted by Crippen LogP contribution is 2.27. The molecule has 0 heterocycles. The fourth-order valence-corrected chi connectivity index (χ4v) is 2.41. The van der Waals surface area contributed by atoms with Gasteiger partial charge in [-0.3, -0.25) is 10.1 Å². The van der Waals surface area contributed by atoms with Crippen LogP contribution in [0, 0.1) is 10.1 Å². The van der Waals surface area contributed by atoms with Crippen LogP contribution in [0.2, 0.25) is 0 Å². The van der Waals surface area contributed by atoms with Gasteiger partial charge in [-0.1, -0.05) is 0 Å². The summed E-state index contributed by atoms with van der Waals surface area (Å²) in [6.07, 6.45) is 0. The van der Waals surface area contributed by atoms with Crippen molar-refractivity contribution in [2.75, 3.05) is 32.1 Å². The fraction of sp³-hybridized carbons (Fsp3) is 0.500. The van der Waals surface area contributed by atoms with E-state index in [1.807, 2.05) is 37.7 Å². The molecule has 1 rings (SSSR count). The summed E-state index contributed by atoms with van der Waals surface area (Å²) in [6, 6.07) is 4.40. The van der Waals surface area contributed by atoms with Crippen molar-refractivity contribution >= 4 is 17.3 Å². The number of aromatic carboxylic acids is 1. The molecule has 1 unspecified atom stereocenters. The average molecular weight is 295 g/mol. The monoisotopic (exact) mass is 295 g/mol. The van der Waals surface area contributed by atoms with Gasteiger partial charge >= 0.3 is 5.97 Å². The van der Waals surface area contributed by atoms with E-state index < -0.39 is 10.9 Å². The van der Waals surface area contributed by atoms with E-state index in [9.17, 15) is 14.9 Å². The van der Waals surface area contributed by atoms with Crippen LogP contribution in [-0.2, 0) is 0 Å². The third kappa shape index (κ3) is 4.16. The Hall–Kier alpha value is -2.15. The van der Waals surface area contributed by atoms with Gasteiger partial charge in [-0.2, -0.15) is 0 Å². The number of nitrogens with zero attached hydrogens (tertiary/aromatic N) is 3. The van der Waals surface area contributed by atoms with Gasteiger partial charge in [-0.25, -0.2) is 4.79 Å². The zero-order chi connectivity index (χ0) is 16.2. The number of rotatable bonds is 7. The van der Waals surface area contributed by atoms with Crippen molar-refractivity contribution in [1.29, 1.82) is 0 Å². The molecule has 1 aromatic carbocycles. The third-order valence-corrected chi connectivity index (χ3v) is 3.24. The van der Waals surface area contributed by atoms with Crippen molar-refractivity contribution in [3.8, 4) is 0 Å². The summed E-state index contributed by atoms with van der Waals surface area (Å²) in [5, 5.41) is 20.1. The van der Waals surface area contributed by atoms with Crippen molar-refractivity contribution < 1.29 is 14.8 Å². The normalized spacial score (nSPS) is 12.2. The van der Waals surface area contributed by atoms with Crippen molar-refractivity contribution in [3.63, 3.8) is 0 Å². The van der Waals surface area contributed by atoms with Gasteiger partial charge in [0.25, 0.3) is 5.69 Å². The Morgan fingerprint density at radius 2 is 2.05 bits per heavy atom. The molecule has 0 aliphatic carbocycles. The first-order valence-corrected chi connectivity index (χ1v) is 6.71. The standard InChI is InChI=1S/C14H21N3O4/c1-5-16(10(2)9-15(3)4)11-6-7-12(14(18)19)13(8-11)17(20)21/h6-8,10H,5,9H2,1-4H3,(H,18,19). The van der Waals surface area contributed by atoms with Gasteiger partial charge in [-0.05, 0) is 40.1 Å². The lowest BCUT2D eigenvalue weighted by Gasteiger charge is -2.32. The molecule has 1 aromatic rings. The van der Waals surface area contributed by atoms with E-state index in [-0.39, 0.29) is 17.3 Å². The number of hydrogen-bond acceptors (Lipinski definition) is 5. The minimum absolute atomic E-state index is 0.153. The first kappa shape index (κ1) is 16.9. The molecule has 0 bridgehead atoms. The second-order valence-corrected chi connectivity index (χ2v) is 5.16. The SMILES string of the molecule is CCN(c1ccc(C(=O)O)c([N+](=O)[O-])c1)C(C)CN(C)C. The maximum Gasteiger partial charge on any atom is 0.342 e. The molecular weight excluding hydrogens is 274 g/mol. The molecule has 1 N–H and O–H groups in total. The van der Waals surface area contributed by atoms with Gasteiger partial charge in [0.05, 0.1) is 4.92 Å². The van der Waals surface area contributed by atoms with E-state index in [0.29, 0.717) is 12.2 Å². The van der Waals surface area contributed by atoms with Crippen molar-refractivity contribution in [2.24, 2.45) is 0 Å². The number of likely N-dealkylation sites (N-methyl/N-ethyl adjacent to an activating group) is 2. The largest absolute Gasteiger partial charge is 0.477 e. The quantitative estimate of drug-likeness (QED) is 0.612. The Morgan fingerprint density at radius 1 is 1.43 bits per heavy atom. The van der Waals surface area contributed by atoms with Gasteiger partial charge in [0.1, 0.15) is 5.56 Å². The molecule has 0 aliphatic rings. The van der Waals surface area contributed by atoms with Crippen LogP contribution in [-0.4, -0.2) is 54.1 Å². The summed E-state index contributed by atoms with van der Waals surface area (Å²) in [4.78, 5) is 25.5. The zero-order valence-corrected chi connectivity index (χ0v) is 12.7. The molecule has 0 amide bonds. The molecule has 0 radical (unpaired) electrons. The van der Waals surface area contributed by atoms with Gasteiger partial charge in [0.2, 0.25) is 0 Å². The number of benzene rings is 1. The number of nitro groups is 1. The summed E-state index contributed by atoms with van der Waals surface area (Å²) in [6.45, 7) is 5.46. The average Bonchev–Trinajstić information content (AvgIpc) is 2.38. The summed E-state index contributed by atoms with van der Waals surface area (Å²) in [5.74, 6) is -1.29. The van der Waals surface area contributed by atoms with Gasteiger partial charge in [0, 0.05) is 30.9 Å². The van der Waals surface area contributed by atoms with Gasteiger partial charge < -0.3 is 14.9 Å². The van der Waals surface area contributed by atoms with E-state index in [1.165, 1.54) is 12.1 Å². The zero-order valence-electron chi connectivity index (χ0n) is 12.7. The van der Waals surface area contributed by atoms with Crippen LogP contribution in [0.5, 0.6) is 0 Å². The van der Waals surface area contributed by atoms with E-state index in [4.69, 9.17) is 5.11 Å². The number of hydrogen-bond donors (Lipinski definition) is 1. The molecule has 0 spiro atoms. The van der Waals surface area contributed by atoms with Crippen molar-refractivity contribution in [2.45, 2.75) is 19.9 Å². The minimum atomic E-state index is -1.29. The molecule has 0 saturated heterocycles. The van der Waals surface area contributed by atoms with E-state index in [0.717, 1.165) is 6.54 Å². The third-order valence-electron chi connectivity index (χ3n) is 3.24. The highest BCUT2D eigenvalue weighted by Gasteiger charge is 2.23. The van der Waals surface area contributed by atoms with Gasteiger partial charge in [-0.15, -0.1) is 0 Å². The summed E-state index contributed by atoms with van der Waals surface area (Å²) >= 11 is 0. The number of carboxylic acids is 1. The Balaban J connectivity index is 3.20. The first-order valence-electron chi connectivity index (χ1n) is 6.71. The Bertz CT molecular complexity index is 531. The van der Waals surface area contributed by atoms with Crippen LogP contribution in [0.1, 0.15) is 24.2 Å². The molecular formula is C14H21N3O4. The van der Waals surface area contributed by atoms with Crippen LogP contribution < -0.4 is 4.90 Å². The number of carbonyl (C=O) groups is 1. The minimum Gasteiger partial charge on any atom is -0.477 e. The Labute approximate surface area is 123 Å². The predicted octanol–water partition coefficient (Wildman–Crippen LogP) is 2.07. The topological polar surface area (TPSA) is 86.9 Å². The van der Waals surface area contributed by atoms with E-state index in [2.05, 4.69) is 0 Å². The summed E-state index contributed by atoms with van der Waals surface area (Å²) in [7, 11) is 3.92. The lowest BCUT2D eigenvalue weighted by Crippen LogP contribution is -2.40. The maximum atomic E-state index is 11.1. The smallest absolute Gasteiger partial charge is 0.342 e. The van der Waals surface area contributed by atoms with Crippen LogP contribution in [0.25, 0.3) is 0 Å². The van der Waals surface area contributed by atoms with Gasteiger partial charge in [0.15, 0.2) is 0 Å². The van der Waals surface area contributed by atoms with E-state index >= 15 is 0 Å². The van der Waals surface area contributed by atoms with Crippen molar-refractivity contribution in [3.05, 3.63) is 33.9 Å². The highest BCUT2D eigenvalue weighted by molar-refractivity contribution is 5.93. The van der Waals surface area contributed by atoms with Crippen LogP contribution in [0.3, 0.4) is 0 Å². The summed E-state index contributed by atoms with van der Waals surface area (Å²) < 4.78 is 0. The Morgan fingerprint density at radius 3 is 2.48 bits per heavy atom. The summed E-state index contributed by atoms with van der Waals surface area (Å²) in [5.41, 5.74) is -0.0147. The molecule has 0 saturated carbocycles. The molecule has 1 atom stereocenters. The predicted molar refractivity (Wildman–Crippen MR) is 81.1 cm³/mol. The fourth-order valence-electron chi connectivity index (χ4n) is 2.41. The van der Waals surface area contributed by atoms with Crippen LogP contribution in [0.4, 0.5) is 11.4 Å². The maximum absolute atomic E-state index is 11.1. The molecule has 7 heteroatoms. The number of anilines is 1. The molecule has 7 nitrogen and oxygen atoms in total. The molecule has 21 heavy (non-hydrogen) atoms. The lowest BCUT2D eigenvalue weighted by atomic mass is 10.1. The van der Waals surface area contributed by atoms with E-state index in [1.54, 1.807) is 6.07 Å². The van der Waals surface area contributed by atoms with Crippen LogP contribution >= 0.6 is 0 Å². The molecule has 0 aromatic heterocycles.